The zero-order valence-corrected chi connectivity index (χ0v) is 9.69. The molecule has 88 valence electrons. The minimum absolute atomic E-state index is 0.0996. The van der Waals surface area contributed by atoms with Crippen LogP contribution in [0.4, 0.5) is 0 Å². The highest BCUT2D eigenvalue weighted by molar-refractivity contribution is 5.72. The highest BCUT2D eigenvalue weighted by Gasteiger charge is 2.31. The van der Waals surface area contributed by atoms with E-state index in [0.717, 1.165) is 6.42 Å². The van der Waals surface area contributed by atoms with Gasteiger partial charge in [0.2, 0.25) is 0 Å². The van der Waals surface area contributed by atoms with Crippen molar-refractivity contribution in [1.29, 1.82) is 0 Å². The van der Waals surface area contributed by atoms with E-state index in [9.17, 15) is 4.79 Å². The van der Waals surface area contributed by atoms with Gasteiger partial charge in [-0.3, -0.25) is 4.79 Å². The summed E-state index contributed by atoms with van der Waals surface area (Å²) in [5.41, 5.74) is 0. The van der Waals surface area contributed by atoms with Crippen LogP contribution in [0.1, 0.15) is 27.2 Å². The van der Waals surface area contributed by atoms with Gasteiger partial charge < -0.3 is 14.2 Å². The highest BCUT2D eigenvalue weighted by Crippen LogP contribution is 2.23. The van der Waals surface area contributed by atoms with Crippen molar-refractivity contribution in [3.63, 3.8) is 0 Å². The van der Waals surface area contributed by atoms with Crippen LogP contribution in [0.5, 0.6) is 0 Å². The van der Waals surface area contributed by atoms with E-state index in [1.165, 1.54) is 0 Å². The first-order valence-electron chi connectivity index (χ1n) is 5.58. The van der Waals surface area contributed by atoms with Crippen LogP contribution in [0.15, 0.2) is 0 Å². The number of hydrogen-bond acceptors (Lipinski definition) is 4. The smallest absolute Gasteiger partial charge is 0.309 e. The van der Waals surface area contributed by atoms with Gasteiger partial charge in [0.25, 0.3) is 0 Å². The summed E-state index contributed by atoms with van der Waals surface area (Å²) in [6.45, 7) is 7.26. The molecule has 1 aliphatic heterocycles. The molecule has 0 N–H and O–H groups in total. The lowest BCUT2D eigenvalue weighted by atomic mass is 9.91. The quantitative estimate of drug-likeness (QED) is 0.669. The number of esters is 1. The predicted octanol–water partition coefficient (Wildman–Crippen LogP) is 1.58. The number of ether oxygens (including phenoxy) is 3. The molecule has 15 heavy (non-hydrogen) atoms. The molecule has 1 rings (SSSR count). The molecule has 1 heterocycles. The maximum Gasteiger partial charge on any atom is 0.309 e. The van der Waals surface area contributed by atoms with E-state index in [1.807, 2.05) is 20.8 Å². The molecule has 0 aromatic rings. The van der Waals surface area contributed by atoms with Gasteiger partial charge in [0.05, 0.1) is 25.7 Å². The van der Waals surface area contributed by atoms with Crippen LogP contribution in [-0.4, -0.2) is 32.1 Å². The Morgan fingerprint density at radius 1 is 1.40 bits per heavy atom. The largest absolute Gasteiger partial charge is 0.466 e. The number of carbonyl (C=O) groups excluding carboxylic acids is 1. The first-order valence-corrected chi connectivity index (χ1v) is 5.58. The molecule has 0 amide bonds. The van der Waals surface area contributed by atoms with Crippen molar-refractivity contribution < 1.29 is 19.0 Å². The lowest BCUT2D eigenvalue weighted by molar-refractivity contribution is -0.203. The predicted molar refractivity (Wildman–Crippen MR) is 55.3 cm³/mol. The van der Waals surface area contributed by atoms with Gasteiger partial charge in [-0.1, -0.05) is 6.92 Å². The van der Waals surface area contributed by atoms with Crippen LogP contribution in [0.3, 0.4) is 0 Å². The number of rotatable bonds is 4. The molecule has 1 aliphatic rings. The zero-order chi connectivity index (χ0) is 11.3. The second kappa shape index (κ2) is 6.08. The van der Waals surface area contributed by atoms with Crippen LogP contribution in [0.25, 0.3) is 0 Å². The van der Waals surface area contributed by atoms with Crippen molar-refractivity contribution >= 4 is 5.97 Å². The minimum atomic E-state index is -0.152. The van der Waals surface area contributed by atoms with Crippen LogP contribution in [-0.2, 0) is 19.0 Å². The lowest BCUT2D eigenvalue weighted by Crippen LogP contribution is -2.38. The van der Waals surface area contributed by atoms with E-state index in [4.69, 9.17) is 14.2 Å². The van der Waals surface area contributed by atoms with Crippen molar-refractivity contribution in [2.75, 3.05) is 19.8 Å². The third kappa shape index (κ3) is 3.47. The van der Waals surface area contributed by atoms with Crippen molar-refractivity contribution in [2.24, 2.45) is 11.8 Å². The molecule has 1 fully saturated rings. The Balaban J connectivity index is 2.47. The highest BCUT2D eigenvalue weighted by atomic mass is 16.7. The summed E-state index contributed by atoms with van der Waals surface area (Å²) in [5.74, 6) is -0.102. The fourth-order valence-electron chi connectivity index (χ4n) is 1.79. The molecule has 0 bridgehead atoms. The summed E-state index contributed by atoms with van der Waals surface area (Å²) < 4.78 is 15.8. The summed E-state index contributed by atoms with van der Waals surface area (Å²) >= 11 is 0. The molecule has 0 aromatic carbocycles. The van der Waals surface area contributed by atoms with Gasteiger partial charge >= 0.3 is 5.97 Å². The Kier molecular flexibility index (Phi) is 5.05. The second-order valence-electron chi connectivity index (χ2n) is 3.76. The average Bonchev–Trinajstić information content (AvgIpc) is 2.22. The summed E-state index contributed by atoms with van der Waals surface area (Å²) in [7, 11) is 0. The van der Waals surface area contributed by atoms with Crippen molar-refractivity contribution in [3.05, 3.63) is 0 Å². The number of hydrogen-bond donors (Lipinski definition) is 0. The topological polar surface area (TPSA) is 44.8 Å². The Labute approximate surface area is 90.9 Å². The van der Waals surface area contributed by atoms with Crippen molar-refractivity contribution in [1.82, 2.24) is 0 Å². The summed E-state index contributed by atoms with van der Waals surface area (Å²) in [6, 6.07) is 0. The van der Waals surface area contributed by atoms with Crippen molar-refractivity contribution in [2.45, 2.75) is 33.5 Å². The molecule has 0 spiro atoms. The monoisotopic (exact) mass is 216 g/mol. The van der Waals surface area contributed by atoms with Gasteiger partial charge in [0, 0.05) is 5.92 Å². The lowest BCUT2D eigenvalue weighted by Gasteiger charge is -2.31. The second-order valence-corrected chi connectivity index (χ2v) is 3.76. The van der Waals surface area contributed by atoms with Gasteiger partial charge in [0.15, 0.2) is 6.29 Å². The fraction of sp³-hybridized carbons (Fsp3) is 0.909. The average molecular weight is 216 g/mol. The molecule has 4 heteroatoms. The van der Waals surface area contributed by atoms with E-state index in [1.54, 1.807) is 0 Å². The Morgan fingerprint density at radius 3 is 2.47 bits per heavy atom. The first kappa shape index (κ1) is 12.5. The fourth-order valence-corrected chi connectivity index (χ4v) is 1.79. The van der Waals surface area contributed by atoms with Crippen LogP contribution >= 0.6 is 0 Å². The van der Waals surface area contributed by atoms with Gasteiger partial charge in [-0.25, -0.2) is 0 Å². The Bertz CT molecular complexity index is 197. The van der Waals surface area contributed by atoms with E-state index in [0.29, 0.717) is 19.8 Å². The molecular weight excluding hydrogens is 196 g/mol. The molecule has 0 saturated carbocycles. The summed E-state index contributed by atoms with van der Waals surface area (Å²) in [5, 5.41) is 0. The molecule has 4 nitrogen and oxygen atoms in total. The van der Waals surface area contributed by atoms with Crippen molar-refractivity contribution in [3.8, 4) is 0 Å². The minimum Gasteiger partial charge on any atom is -0.466 e. The van der Waals surface area contributed by atoms with Crippen LogP contribution < -0.4 is 0 Å². The normalized spacial score (nSPS) is 28.5. The summed E-state index contributed by atoms with van der Waals surface area (Å²) in [4.78, 5) is 11.6. The van der Waals surface area contributed by atoms with E-state index >= 15 is 0 Å². The standard InChI is InChI=1S/C11H20O4/c1-4-10(11(12)13-5-2)9-6-14-8(3)15-7-9/h8-10H,4-7H2,1-3H3/t8?,9?,10-/m1/s1. The van der Waals surface area contributed by atoms with E-state index in [-0.39, 0.29) is 24.1 Å². The van der Waals surface area contributed by atoms with Gasteiger partial charge in [-0.05, 0) is 20.3 Å². The van der Waals surface area contributed by atoms with Gasteiger partial charge in [-0.2, -0.15) is 0 Å². The number of carbonyl (C=O) groups is 1. The molecular formula is C11H20O4. The molecule has 0 aromatic heterocycles. The molecule has 0 unspecified atom stereocenters. The summed E-state index contributed by atoms with van der Waals surface area (Å²) in [6.07, 6.45) is 0.617. The Morgan fingerprint density at radius 2 is 2.00 bits per heavy atom. The maximum atomic E-state index is 11.6. The SMILES string of the molecule is CCOC(=O)[C@H](CC)C1COC(C)OC1. The van der Waals surface area contributed by atoms with Crippen LogP contribution in [0, 0.1) is 11.8 Å². The third-order valence-corrected chi connectivity index (χ3v) is 2.69. The molecule has 1 atom stereocenters. The van der Waals surface area contributed by atoms with E-state index < -0.39 is 0 Å². The molecule has 0 aliphatic carbocycles. The third-order valence-electron chi connectivity index (χ3n) is 2.69. The Hall–Kier alpha value is -0.610. The molecule has 1 saturated heterocycles. The van der Waals surface area contributed by atoms with Crippen LogP contribution in [0.2, 0.25) is 0 Å². The maximum absolute atomic E-state index is 11.6. The first-order chi connectivity index (χ1) is 7.19. The van der Waals surface area contributed by atoms with Gasteiger partial charge in [0.1, 0.15) is 0 Å². The van der Waals surface area contributed by atoms with Gasteiger partial charge in [-0.15, -0.1) is 0 Å². The zero-order valence-electron chi connectivity index (χ0n) is 9.69. The van der Waals surface area contributed by atoms with E-state index in [2.05, 4.69) is 0 Å². The molecule has 0 radical (unpaired) electrons.